The topological polar surface area (TPSA) is 47.3 Å². The molecule has 0 fully saturated rings. The van der Waals surface area contributed by atoms with Crippen molar-refractivity contribution in [3.8, 4) is 5.75 Å². The van der Waals surface area contributed by atoms with Crippen LogP contribution in [0, 0.1) is 0 Å². The lowest BCUT2D eigenvalue weighted by Crippen LogP contribution is -2.38. The quantitative estimate of drug-likeness (QED) is 0.602. The summed E-state index contributed by atoms with van der Waals surface area (Å²) in [6.07, 6.45) is 1.57. The Morgan fingerprint density at radius 2 is 2.05 bits per heavy atom. The van der Waals surface area contributed by atoms with Gasteiger partial charge in [-0.2, -0.15) is 0 Å². The molecule has 0 bridgehead atoms. The molecule has 2 rings (SSSR count). The molecular weight excluding hydrogens is 352 g/mol. The van der Waals surface area contributed by atoms with E-state index in [1.54, 1.807) is 7.11 Å². The number of halogens is 2. The first-order chi connectivity index (χ1) is 10.1. The minimum atomic E-state index is 0.103. The van der Waals surface area contributed by atoms with E-state index in [2.05, 4.69) is 33.5 Å². The van der Waals surface area contributed by atoms with Gasteiger partial charge in [0, 0.05) is 15.5 Å². The molecule has 0 aliphatic carbocycles. The van der Waals surface area contributed by atoms with Gasteiger partial charge in [0.1, 0.15) is 5.75 Å². The number of hydrazine groups is 1. The zero-order valence-electron chi connectivity index (χ0n) is 11.8. The average molecular weight is 370 g/mol. The summed E-state index contributed by atoms with van der Waals surface area (Å²) in [5.41, 5.74) is 5.14. The van der Waals surface area contributed by atoms with Crippen LogP contribution in [-0.2, 0) is 12.8 Å². The molecular formula is C16H18BrClN2O. The van der Waals surface area contributed by atoms with Gasteiger partial charge in [-0.1, -0.05) is 39.7 Å². The summed E-state index contributed by atoms with van der Waals surface area (Å²) >= 11 is 9.55. The first-order valence-corrected chi connectivity index (χ1v) is 7.82. The highest BCUT2D eigenvalue weighted by Crippen LogP contribution is 2.24. The predicted molar refractivity (Wildman–Crippen MR) is 90.7 cm³/mol. The predicted octanol–water partition coefficient (Wildman–Crippen LogP) is 3.73. The fourth-order valence-electron chi connectivity index (χ4n) is 2.31. The lowest BCUT2D eigenvalue weighted by molar-refractivity contribution is 0.404. The van der Waals surface area contributed by atoms with Gasteiger partial charge in [-0.15, -0.1) is 0 Å². The first kappa shape index (κ1) is 16.3. The Morgan fingerprint density at radius 1 is 1.24 bits per heavy atom. The SMILES string of the molecule is COc1ccc(Cl)cc1CC(Cc1cccc(Br)c1)NN. The van der Waals surface area contributed by atoms with Crippen LogP contribution in [0.15, 0.2) is 46.9 Å². The van der Waals surface area contributed by atoms with Gasteiger partial charge in [-0.3, -0.25) is 11.3 Å². The Morgan fingerprint density at radius 3 is 2.71 bits per heavy atom. The smallest absolute Gasteiger partial charge is 0.122 e. The van der Waals surface area contributed by atoms with Gasteiger partial charge >= 0.3 is 0 Å². The molecule has 1 unspecified atom stereocenters. The van der Waals surface area contributed by atoms with Gasteiger partial charge in [-0.05, 0) is 54.3 Å². The summed E-state index contributed by atoms with van der Waals surface area (Å²) in [5, 5.41) is 0.698. The molecule has 2 aromatic rings. The Bertz CT molecular complexity index is 607. The number of ether oxygens (including phenoxy) is 1. The van der Waals surface area contributed by atoms with Crippen LogP contribution in [0.2, 0.25) is 5.02 Å². The van der Waals surface area contributed by atoms with Crippen molar-refractivity contribution in [1.29, 1.82) is 0 Å². The molecule has 0 saturated carbocycles. The van der Waals surface area contributed by atoms with Crippen molar-refractivity contribution < 1.29 is 4.74 Å². The molecule has 0 heterocycles. The van der Waals surface area contributed by atoms with Crippen LogP contribution in [0.25, 0.3) is 0 Å². The summed E-state index contributed by atoms with van der Waals surface area (Å²) < 4.78 is 6.45. The average Bonchev–Trinajstić information content (AvgIpc) is 2.47. The van der Waals surface area contributed by atoms with Gasteiger partial charge in [-0.25, -0.2) is 0 Å². The van der Waals surface area contributed by atoms with Crippen LogP contribution >= 0.6 is 27.5 Å². The largest absolute Gasteiger partial charge is 0.496 e. The lowest BCUT2D eigenvalue weighted by atomic mass is 9.99. The van der Waals surface area contributed by atoms with Gasteiger partial charge in [0.2, 0.25) is 0 Å². The second kappa shape index (κ2) is 7.80. The van der Waals surface area contributed by atoms with E-state index in [1.165, 1.54) is 5.56 Å². The summed E-state index contributed by atoms with van der Waals surface area (Å²) in [6, 6.07) is 13.9. The molecule has 0 aliphatic heterocycles. The number of rotatable bonds is 6. The zero-order valence-corrected chi connectivity index (χ0v) is 14.1. The van der Waals surface area contributed by atoms with Crippen LogP contribution in [-0.4, -0.2) is 13.2 Å². The third-order valence-electron chi connectivity index (χ3n) is 3.32. The van der Waals surface area contributed by atoms with E-state index in [-0.39, 0.29) is 6.04 Å². The van der Waals surface area contributed by atoms with Gasteiger partial charge < -0.3 is 4.74 Å². The van der Waals surface area contributed by atoms with E-state index in [9.17, 15) is 0 Å². The van der Waals surface area contributed by atoms with Crippen LogP contribution in [0.1, 0.15) is 11.1 Å². The highest BCUT2D eigenvalue weighted by Gasteiger charge is 2.13. The third-order valence-corrected chi connectivity index (χ3v) is 4.04. The molecule has 0 aromatic heterocycles. The Kier molecular flexibility index (Phi) is 6.06. The van der Waals surface area contributed by atoms with Crippen molar-refractivity contribution in [2.45, 2.75) is 18.9 Å². The number of hydrogen-bond donors (Lipinski definition) is 2. The summed E-state index contributed by atoms with van der Waals surface area (Å²) in [4.78, 5) is 0. The molecule has 0 amide bonds. The molecule has 112 valence electrons. The Labute approximate surface area is 138 Å². The minimum Gasteiger partial charge on any atom is -0.496 e. The number of methoxy groups -OCH3 is 1. The molecule has 3 N–H and O–H groups in total. The molecule has 1 atom stereocenters. The van der Waals surface area contributed by atoms with Crippen molar-refractivity contribution in [2.24, 2.45) is 5.84 Å². The fraction of sp³-hybridized carbons (Fsp3) is 0.250. The summed E-state index contributed by atoms with van der Waals surface area (Å²) in [7, 11) is 1.66. The molecule has 0 radical (unpaired) electrons. The number of hydrogen-bond acceptors (Lipinski definition) is 3. The molecule has 0 spiro atoms. The van der Waals surface area contributed by atoms with E-state index < -0.39 is 0 Å². The van der Waals surface area contributed by atoms with Gasteiger partial charge in [0.25, 0.3) is 0 Å². The standard InChI is InChI=1S/C16H18BrClN2O/c1-21-16-6-5-14(18)9-12(16)10-15(20-19)8-11-3-2-4-13(17)7-11/h2-7,9,15,20H,8,10,19H2,1H3. The molecule has 0 aliphatic rings. The minimum absolute atomic E-state index is 0.103. The van der Waals surface area contributed by atoms with Crippen LogP contribution in [0.3, 0.4) is 0 Å². The van der Waals surface area contributed by atoms with Crippen LogP contribution < -0.4 is 16.0 Å². The van der Waals surface area contributed by atoms with Crippen molar-refractivity contribution >= 4 is 27.5 Å². The maximum atomic E-state index is 6.07. The lowest BCUT2D eigenvalue weighted by Gasteiger charge is -2.18. The van der Waals surface area contributed by atoms with Crippen molar-refractivity contribution in [3.63, 3.8) is 0 Å². The number of benzene rings is 2. The van der Waals surface area contributed by atoms with Crippen molar-refractivity contribution in [3.05, 3.63) is 63.1 Å². The van der Waals surface area contributed by atoms with E-state index in [4.69, 9.17) is 22.2 Å². The van der Waals surface area contributed by atoms with E-state index in [1.807, 2.05) is 30.3 Å². The van der Waals surface area contributed by atoms with Gasteiger partial charge in [0.15, 0.2) is 0 Å². The van der Waals surface area contributed by atoms with Crippen LogP contribution in [0.5, 0.6) is 5.75 Å². The van der Waals surface area contributed by atoms with E-state index in [0.29, 0.717) is 5.02 Å². The molecule has 0 saturated heterocycles. The highest BCUT2D eigenvalue weighted by molar-refractivity contribution is 9.10. The third kappa shape index (κ3) is 4.71. The molecule has 3 nitrogen and oxygen atoms in total. The summed E-state index contributed by atoms with van der Waals surface area (Å²) in [6.45, 7) is 0. The second-order valence-corrected chi connectivity index (χ2v) is 6.21. The molecule has 21 heavy (non-hydrogen) atoms. The normalized spacial score (nSPS) is 12.2. The van der Waals surface area contributed by atoms with Crippen LogP contribution in [0.4, 0.5) is 0 Å². The number of nitrogens with one attached hydrogen (secondary N) is 1. The van der Waals surface area contributed by atoms with Gasteiger partial charge in [0.05, 0.1) is 7.11 Å². The monoisotopic (exact) mass is 368 g/mol. The highest BCUT2D eigenvalue weighted by atomic mass is 79.9. The maximum absolute atomic E-state index is 6.07. The Hall–Kier alpha value is -1.07. The van der Waals surface area contributed by atoms with E-state index >= 15 is 0 Å². The fourth-order valence-corrected chi connectivity index (χ4v) is 2.95. The molecule has 2 aromatic carbocycles. The molecule has 5 heteroatoms. The maximum Gasteiger partial charge on any atom is 0.122 e. The summed E-state index contributed by atoms with van der Waals surface area (Å²) in [5.74, 6) is 6.53. The second-order valence-electron chi connectivity index (χ2n) is 4.86. The Balaban J connectivity index is 2.14. The van der Waals surface area contributed by atoms with Crippen molar-refractivity contribution in [2.75, 3.05) is 7.11 Å². The zero-order chi connectivity index (χ0) is 15.2. The van der Waals surface area contributed by atoms with E-state index in [0.717, 1.165) is 28.6 Å². The number of nitrogens with two attached hydrogens (primary N) is 1. The first-order valence-electron chi connectivity index (χ1n) is 6.65. The van der Waals surface area contributed by atoms with Crippen molar-refractivity contribution in [1.82, 2.24) is 5.43 Å².